The molecule has 0 saturated heterocycles. The van der Waals surface area contributed by atoms with E-state index >= 15 is 0 Å². The number of allylic oxidation sites excluding steroid dienone is 1. The van der Waals surface area contributed by atoms with Crippen LogP contribution in [0.1, 0.15) is 31.0 Å². The monoisotopic (exact) mass is 716 g/mol. The fourth-order valence-corrected chi connectivity index (χ4v) is 6.95. The number of fused-ring (bicyclic) bond motifs is 2. The summed E-state index contributed by atoms with van der Waals surface area (Å²) in [6.07, 6.45) is 1.66. The summed E-state index contributed by atoms with van der Waals surface area (Å²) in [6.45, 7) is 3.77. The van der Waals surface area contributed by atoms with Crippen LogP contribution in [0.25, 0.3) is 6.08 Å². The van der Waals surface area contributed by atoms with Crippen LogP contribution in [0.15, 0.2) is 51.4 Å². The first-order valence-electron chi connectivity index (χ1n) is 10.6. The summed E-state index contributed by atoms with van der Waals surface area (Å²) in [7, 11) is 0. The quantitative estimate of drug-likeness (QED) is 0.329. The van der Waals surface area contributed by atoms with Crippen LogP contribution in [-0.2, 0) is 9.53 Å². The molecule has 2 aromatic carbocycles. The van der Waals surface area contributed by atoms with E-state index in [-0.39, 0.29) is 30.3 Å². The highest BCUT2D eigenvalue weighted by Gasteiger charge is 2.34. The summed E-state index contributed by atoms with van der Waals surface area (Å²) in [4.78, 5) is 31.8. The van der Waals surface area contributed by atoms with E-state index < -0.39 is 12.0 Å². The Balaban J connectivity index is 1.75. The number of hydrogen-bond donors (Lipinski definition) is 1. The van der Waals surface area contributed by atoms with Gasteiger partial charge in [0, 0.05) is 9.13 Å². The van der Waals surface area contributed by atoms with Crippen LogP contribution in [-0.4, -0.2) is 29.0 Å². The van der Waals surface area contributed by atoms with Crippen molar-refractivity contribution in [3.05, 3.63) is 79.6 Å². The number of phenols is 1. The Morgan fingerprint density at radius 1 is 1.29 bits per heavy atom. The number of esters is 1. The molecule has 2 aliphatic heterocycles. The molecule has 0 bridgehead atoms. The average Bonchev–Trinajstić information content (AvgIpc) is 3.40. The van der Waals surface area contributed by atoms with Crippen molar-refractivity contribution in [3.8, 4) is 17.2 Å². The van der Waals surface area contributed by atoms with Crippen LogP contribution in [0.2, 0.25) is 0 Å². The number of rotatable bonds is 4. The molecule has 0 radical (unpaired) electrons. The Hall–Kier alpha value is -2.39. The van der Waals surface area contributed by atoms with Gasteiger partial charge < -0.3 is 19.3 Å². The fraction of sp³-hybridized carbons (Fsp3) is 0.208. The van der Waals surface area contributed by atoms with Crippen LogP contribution in [0, 0.1) is 7.14 Å². The smallest absolute Gasteiger partial charge is 0.338 e. The standard InChI is InChI=1S/C24H18I2N2O6S/c1-3-32-23(31)19-11(2)27-24-28(20(19)12-4-5-16-17(7-12)34-10-33-16)22(30)18(35-24)8-13-6-14(25)9-15(26)21(13)29/h4-9,20,29H,3,10H2,1-2H3. The van der Waals surface area contributed by atoms with Gasteiger partial charge in [-0.3, -0.25) is 9.36 Å². The molecule has 1 aromatic heterocycles. The van der Waals surface area contributed by atoms with Gasteiger partial charge in [0.05, 0.1) is 32.0 Å². The summed E-state index contributed by atoms with van der Waals surface area (Å²) < 4.78 is 19.8. The van der Waals surface area contributed by atoms with E-state index in [0.29, 0.717) is 41.2 Å². The third kappa shape index (κ3) is 4.37. The second kappa shape index (κ2) is 9.58. The van der Waals surface area contributed by atoms with Crippen LogP contribution in [0.4, 0.5) is 0 Å². The maximum atomic E-state index is 13.7. The largest absolute Gasteiger partial charge is 0.506 e. The number of thiazole rings is 1. The van der Waals surface area contributed by atoms with E-state index in [1.807, 2.05) is 6.07 Å². The second-order valence-electron chi connectivity index (χ2n) is 7.74. The second-order valence-corrected chi connectivity index (χ2v) is 11.2. The van der Waals surface area contributed by atoms with Crippen LogP contribution < -0.4 is 24.4 Å². The van der Waals surface area contributed by atoms with E-state index in [4.69, 9.17) is 14.2 Å². The molecule has 5 rings (SSSR count). The van der Waals surface area contributed by atoms with Gasteiger partial charge in [-0.1, -0.05) is 17.4 Å². The minimum Gasteiger partial charge on any atom is -0.506 e. The lowest BCUT2D eigenvalue weighted by molar-refractivity contribution is -0.139. The van der Waals surface area contributed by atoms with Gasteiger partial charge in [0.25, 0.3) is 5.56 Å². The van der Waals surface area contributed by atoms with Gasteiger partial charge in [-0.2, -0.15) is 0 Å². The maximum absolute atomic E-state index is 13.7. The minimum absolute atomic E-state index is 0.104. The molecule has 3 heterocycles. The van der Waals surface area contributed by atoms with Gasteiger partial charge in [0.15, 0.2) is 16.3 Å². The van der Waals surface area contributed by atoms with Gasteiger partial charge in [-0.25, -0.2) is 9.79 Å². The molecule has 3 aromatic rings. The Bertz CT molecular complexity index is 1590. The lowest BCUT2D eigenvalue weighted by Crippen LogP contribution is -2.39. The van der Waals surface area contributed by atoms with Crippen molar-refractivity contribution in [3.63, 3.8) is 0 Å². The van der Waals surface area contributed by atoms with Crippen molar-refractivity contribution in [2.75, 3.05) is 13.4 Å². The fourth-order valence-electron chi connectivity index (χ4n) is 4.03. The van der Waals surface area contributed by atoms with Crippen molar-refractivity contribution in [1.29, 1.82) is 0 Å². The topological polar surface area (TPSA) is 99.4 Å². The highest BCUT2D eigenvalue weighted by Crippen LogP contribution is 2.38. The van der Waals surface area contributed by atoms with Gasteiger partial charge in [0.2, 0.25) is 6.79 Å². The van der Waals surface area contributed by atoms with Gasteiger partial charge in [0.1, 0.15) is 5.75 Å². The van der Waals surface area contributed by atoms with Crippen molar-refractivity contribution < 1.29 is 24.1 Å². The Morgan fingerprint density at radius 2 is 2.06 bits per heavy atom. The van der Waals surface area contributed by atoms with Crippen molar-refractivity contribution >= 4 is 68.6 Å². The summed E-state index contributed by atoms with van der Waals surface area (Å²) in [5.74, 6) is 0.715. The van der Waals surface area contributed by atoms with Crippen molar-refractivity contribution in [1.82, 2.24) is 4.57 Å². The molecule has 0 aliphatic carbocycles. The van der Waals surface area contributed by atoms with Gasteiger partial charge >= 0.3 is 5.97 Å². The van der Waals surface area contributed by atoms with Crippen LogP contribution in [0.3, 0.4) is 0 Å². The van der Waals surface area contributed by atoms with E-state index in [2.05, 4.69) is 50.2 Å². The number of carbonyl (C=O) groups excluding carboxylic acids is 1. The molecular weight excluding hydrogens is 698 g/mol. The molecule has 8 nitrogen and oxygen atoms in total. The number of carbonyl (C=O) groups is 1. The summed E-state index contributed by atoms with van der Waals surface area (Å²) in [5.41, 5.74) is 1.65. The molecule has 11 heteroatoms. The predicted octanol–water partition coefficient (Wildman–Crippen LogP) is 3.44. The number of benzene rings is 2. The number of aromatic nitrogens is 1. The zero-order valence-corrected chi connectivity index (χ0v) is 23.6. The normalized spacial score (nSPS) is 16.8. The predicted molar refractivity (Wildman–Crippen MR) is 147 cm³/mol. The lowest BCUT2D eigenvalue weighted by Gasteiger charge is -2.24. The molecule has 180 valence electrons. The zero-order chi connectivity index (χ0) is 24.9. The molecule has 2 aliphatic rings. The Labute approximate surface area is 230 Å². The van der Waals surface area contributed by atoms with Crippen LogP contribution in [0.5, 0.6) is 17.2 Å². The zero-order valence-electron chi connectivity index (χ0n) is 18.5. The first kappa shape index (κ1) is 24.3. The average molecular weight is 716 g/mol. The molecule has 0 fully saturated rings. The van der Waals surface area contributed by atoms with E-state index in [0.717, 1.165) is 3.57 Å². The molecule has 0 saturated carbocycles. The number of ether oxygens (including phenoxy) is 3. The molecule has 0 amide bonds. The number of aromatic hydroxyl groups is 1. The van der Waals surface area contributed by atoms with E-state index in [1.54, 1.807) is 44.2 Å². The van der Waals surface area contributed by atoms with Crippen molar-refractivity contribution in [2.24, 2.45) is 4.99 Å². The maximum Gasteiger partial charge on any atom is 0.338 e. The molecular formula is C24H18I2N2O6S. The Morgan fingerprint density at radius 3 is 2.83 bits per heavy atom. The molecule has 1 unspecified atom stereocenters. The van der Waals surface area contributed by atoms with Gasteiger partial charge in [-0.05, 0) is 94.9 Å². The minimum atomic E-state index is -0.758. The SMILES string of the molecule is CCOC(=O)C1=C(C)N=c2sc(=Cc3cc(I)cc(I)c3O)c(=O)n2C1c1ccc2c(c1)OCO2. The Kier molecular flexibility index (Phi) is 6.65. The first-order valence-corrected chi connectivity index (χ1v) is 13.5. The summed E-state index contributed by atoms with van der Waals surface area (Å²) >= 11 is 5.42. The molecule has 1 N–H and O–H groups in total. The third-order valence-corrected chi connectivity index (χ3v) is 8.00. The molecule has 0 spiro atoms. The van der Waals surface area contributed by atoms with Crippen molar-refractivity contribution in [2.45, 2.75) is 19.9 Å². The first-order chi connectivity index (χ1) is 16.8. The number of nitrogens with zero attached hydrogens (tertiary/aromatic N) is 2. The van der Waals surface area contributed by atoms with Gasteiger partial charge in [-0.15, -0.1) is 0 Å². The highest BCUT2D eigenvalue weighted by molar-refractivity contribution is 14.1. The summed E-state index contributed by atoms with van der Waals surface area (Å²) in [5, 5.41) is 10.5. The van der Waals surface area contributed by atoms with E-state index in [1.165, 1.54) is 15.9 Å². The number of halogens is 2. The van der Waals surface area contributed by atoms with Crippen LogP contribution >= 0.6 is 56.5 Å². The van der Waals surface area contributed by atoms with E-state index in [9.17, 15) is 14.7 Å². The number of phenolic OH excluding ortho intramolecular Hbond substituents is 1. The molecule has 35 heavy (non-hydrogen) atoms. The number of hydrogen-bond acceptors (Lipinski definition) is 8. The molecule has 1 atom stereocenters. The third-order valence-electron chi connectivity index (χ3n) is 5.57. The summed E-state index contributed by atoms with van der Waals surface area (Å²) in [6, 6.07) is 8.24. The lowest BCUT2D eigenvalue weighted by atomic mass is 9.95. The highest BCUT2D eigenvalue weighted by atomic mass is 127.